The summed E-state index contributed by atoms with van der Waals surface area (Å²) in [7, 11) is 1.66. The van der Waals surface area contributed by atoms with Crippen LogP contribution in [0.2, 0.25) is 5.02 Å². The second-order valence-electron chi connectivity index (χ2n) is 6.56. The summed E-state index contributed by atoms with van der Waals surface area (Å²) in [5.74, 6) is 1.63. The molecule has 1 fully saturated rings. The fourth-order valence-electron chi connectivity index (χ4n) is 3.41. The number of imidazole rings is 1. The number of benzene rings is 2. The predicted molar refractivity (Wildman–Crippen MR) is 110 cm³/mol. The molecule has 0 bridgehead atoms. The van der Waals surface area contributed by atoms with Gasteiger partial charge in [-0.05, 0) is 24.3 Å². The standard InChI is InChI=1S/C21H21ClN4O2/c1-28-17-6-4-5-16(15-17)26-10-9-23-21(26)25-13-11-24(12-14-25)20(27)18-7-2-3-8-19(18)22/h2-10,15H,11-14H2,1H3. The van der Waals surface area contributed by atoms with Crippen LogP contribution in [-0.4, -0.2) is 53.6 Å². The number of aromatic nitrogens is 2. The van der Waals surface area contributed by atoms with Crippen molar-refractivity contribution >= 4 is 23.5 Å². The number of piperazine rings is 1. The van der Waals surface area contributed by atoms with E-state index in [9.17, 15) is 4.79 Å². The average molecular weight is 397 g/mol. The number of halogens is 1. The zero-order valence-electron chi connectivity index (χ0n) is 15.6. The third-order valence-electron chi connectivity index (χ3n) is 4.91. The van der Waals surface area contributed by atoms with Crippen molar-refractivity contribution in [2.24, 2.45) is 0 Å². The molecule has 0 N–H and O–H groups in total. The third-order valence-corrected chi connectivity index (χ3v) is 5.24. The summed E-state index contributed by atoms with van der Waals surface area (Å²) in [6.07, 6.45) is 3.72. The van der Waals surface area contributed by atoms with Crippen molar-refractivity contribution in [2.45, 2.75) is 0 Å². The smallest absolute Gasteiger partial charge is 0.255 e. The maximum absolute atomic E-state index is 12.8. The van der Waals surface area contributed by atoms with Gasteiger partial charge in [0.2, 0.25) is 5.95 Å². The molecule has 0 atom stereocenters. The van der Waals surface area contributed by atoms with Gasteiger partial charge in [-0.3, -0.25) is 9.36 Å². The van der Waals surface area contributed by atoms with Gasteiger partial charge in [-0.15, -0.1) is 0 Å². The molecule has 1 saturated heterocycles. The summed E-state index contributed by atoms with van der Waals surface area (Å²) in [5.41, 5.74) is 1.54. The second-order valence-corrected chi connectivity index (χ2v) is 6.97. The highest BCUT2D eigenvalue weighted by atomic mass is 35.5. The molecule has 0 unspecified atom stereocenters. The van der Waals surface area contributed by atoms with Gasteiger partial charge in [0.25, 0.3) is 5.91 Å². The summed E-state index contributed by atoms with van der Waals surface area (Å²) in [5, 5.41) is 0.489. The predicted octanol–water partition coefficient (Wildman–Crippen LogP) is 3.50. The largest absolute Gasteiger partial charge is 0.497 e. The number of carbonyl (C=O) groups is 1. The monoisotopic (exact) mass is 396 g/mol. The van der Waals surface area contributed by atoms with Gasteiger partial charge in [0, 0.05) is 44.6 Å². The molecular weight excluding hydrogens is 376 g/mol. The van der Waals surface area contributed by atoms with Crippen LogP contribution in [0.15, 0.2) is 60.9 Å². The number of anilines is 1. The van der Waals surface area contributed by atoms with Gasteiger partial charge in [-0.2, -0.15) is 0 Å². The lowest BCUT2D eigenvalue weighted by molar-refractivity contribution is 0.0746. The molecule has 4 rings (SSSR count). The Hall–Kier alpha value is -2.99. The van der Waals surface area contributed by atoms with Gasteiger partial charge in [0.05, 0.1) is 23.4 Å². The fourth-order valence-corrected chi connectivity index (χ4v) is 3.62. The zero-order chi connectivity index (χ0) is 19.5. The van der Waals surface area contributed by atoms with E-state index < -0.39 is 0 Å². The third kappa shape index (κ3) is 3.55. The number of nitrogens with zero attached hydrogens (tertiary/aromatic N) is 4. The van der Waals surface area contributed by atoms with E-state index in [4.69, 9.17) is 16.3 Å². The summed E-state index contributed by atoms with van der Waals surface area (Å²) < 4.78 is 7.36. The minimum atomic E-state index is -0.0265. The van der Waals surface area contributed by atoms with Crippen molar-refractivity contribution in [1.82, 2.24) is 14.5 Å². The number of amides is 1. The number of carbonyl (C=O) groups excluding carboxylic acids is 1. The molecule has 7 heteroatoms. The lowest BCUT2D eigenvalue weighted by atomic mass is 10.2. The molecule has 1 aliphatic rings. The molecule has 28 heavy (non-hydrogen) atoms. The van der Waals surface area contributed by atoms with Crippen LogP contribution in [0.4, 0.5) is 5.95 Å². The molecule has 0 aliphatic carbocycles. The molecule has 2 aromatic carbocycles. The van der Waals surface area contributed by atoms with Crippen molar-refractivity contribution in [2.75, 3.05) is 38.2 Å². The molecule has 0 saturated carbocycles. The molecule has 2 heterocycles. The molecule has 6 nitrogen and oxygen atoms in total. The number of methoxy groups -OCH3 is 1. The summed E-state index contributed by atoms with van der Waals surface area (Å²) in [6, 6.07) is 15.0. The Balaban J connectivity index is 1.48. The summed E-state index contributed by atoms with van der Waals surface area (Å²) in [6.45, 7) is 2.65. The Morgan fingerprint density at radius 1 is 1.07 bits per heavy atom. The highest BCUT2D eigenvalue weighted by Crippen LogP contribution is 2.24. The van der Waals surface area contributed by atoms with Gasteiger partial charge >= 0.3 is 0 Å². The van der Waals surface area contributed by atoms with Crippen LogP contribution >= 0.6 is 11.6 Å². The van der Waals surface area contributed by atoms with Gasteiger partial charge in [-0.25, -0.2) is 4.98 Å². The summed E-state index contributed by atoms with van der Waals surface area (Å²) >= 11 is 6.18. The number of hydrogen-bond donors (Lipinski definition) is 0. The van der Waals surface area contributed by atoms with Crippen LogP contribution in [0, 0.1) is 0 Å². The van der Waals surface area contributed by atoms with Crippen LogP contribution in [-0.2, 0) is 0 Å². The Bertz CT molecular complexity index is 980. The fraction of sp³-hybridized carbons (Fsp3) is 0.238. The summed E-state index contributed by atoms with van der Waals surface area (Å²) in [4.78, 5) is 21.3. The first-order valence-electron chi connectivity index (χ1n) is 9.14. The highest BCUT2D eigenvalue weighted by Gasteiger charge is 2.25. The van der Waals surface area contributed by atoms with Crippen molar-refractivity contribution in [3.63, 3.8) is 0 Å². The highest BCUT2D eigenvalue weighted by molar-refractivity contribution is 6.33. The van der Waals surface area contributed by atoms with E-state index >= 15 is 0 Å². The minimum absolute atomic E-state index is 0.0265. The maximum Gasteiger partial charge on any atom is 0.255 e. The van der Waals surface area contributed by atoms with E-state index in [-0.39, 0.29) is 5.91 Å². The first kappa shape index (κ1) is 18.4. The van der Waals surface area contributed by atoms with Crippen molar-refractivity contribution in [1.29, 1.82) is 0 Å². The van der Waals surface area contributed by atoms with Crippen LogP contribution in [0.1, 0.15) is 10.4 Å². The molecule has 1 amide bonds. The van der Waals surface area contributed by atoms with Crippen molar-refractivity contribution in [3.05, 3.63) is 71.5 Å². The van der Waals surface area contributed by atoms with Gasteiger partial charge in [0.15, 0.2) is 0 Å². The average Bonchev–Trinajstić information content (AvgIpc) is 3.24. The maximum atomic E-state index is 12.8. The van der Waals surface area contributed by atoms with E-state index in [2.05, 4.69) is 9.88 Å². The molecule has 1 aromatic heterocycles. The Morgan fingerprint density at radius 2 is 1.86 bits per heavy atom. The van der Waals surface area contributed by atoms with Crippen LogP contribution < -0.4 is 9.64 Å². The quantitative estimate of drug-likeness (QED) is 0.677. The Morgan fingerprint density at radius 3 is 2.61 bits per heavy atom. The first-order chi connectivity index (χ1) is 13.7. The normalized spacial score (nSPS) is 14.2. The van der Waals surface area contributed by atoms with Crippen LogP contribution in [0.25, 0.3) is 5.69 Å². The number of rotatable bonds is 4. The van der Waals surface area contributed by atoms with Gasteiger partial charge < -0.3 is 14.5 Å². The first-order valence-corrected chi connectivity index (χ1v) is 9.51. The van der Waals surface area contributed by atoms with Crippen LogP contribution in [0.5, 0.6) is 5.75 Å². The minimum Gasteiger partial charge on any atom is -0.497 e. The topological polar surface area (TPSA) is 50.6 Å². The van der Waals surface area contributed by atoms with Crippen molar-refractivity contribution in [3.8, 4) is 11.4 Å². The van der Waals surface area contributed by atoms with E-state index in [1.165, 1.54) is 0 Å². The molecular formula is C21H21ClN4O2. The Labute approximate surface area is 168 Å². The van der Waals surface area contributed by atoms with Gasteiger partial charge in [0.1, 0.15) is 5.75 Å². The van der Waals surface area contributed by atoms with E-state index in [1.54, 1.807) is 25.4 Å². The van der Waals surface area contributed by atoms with Crippen LogP contribution in [0.3, 0.4) is 0 Å². The Kier molecular flexibility index (Phi) is 5.21. The lowest BCUT2D eigenvalue weighted by Gasteiger charge is -2.35. The molecule has 3 aromatic rings. The van der Waals surface area contributed by atoms with E-state index in [0.717, 1.165) is 17.4 Å². The number of ether oxygens (including phenoxy) is 1. The molecule has 0 radical (unpaired) electrons. The molecule has 1 aliphatic heterocycles. The van der Waals surface area contributed by atoms with E-state index in [0.29, 0.717) is 36.8 Å². The number of hydrogen-bond acceptors (Lipinski definition) is 4. The lowest BCUT2D eigenvalue weighted by Crippen LogP contribution is -2.49. The van der Waals surface area contributed by atoms with E-state index in [1.807, 2.05) is 52.1 Å². The SMILES string of the molecule is COc1cccc(-n2ccnc2N2CCN(C(=O)c3ccccc3Cl)CC2)c1. The molecule has 144 valence electrons. The molecule has 0 spiro atoms. The zero-order valence-corrected chi connectivity index (χ0v) is 16.3. The van der Waals surface area contributed by atoms with Crippen molar-refractivity contribution < 1.29 is 9.53 Å². The second kappa shape index (κ2) is 7.94. The van der Waals surface area contributed by atoms with Gasteiger partial charge in [-0.1, -0.05) is 29.8 Å².